The largest absolute Gasteiger partial charge is 0.307 e. The van der Waals surface area contributed by atoms with Crippen LogP contribution in [0.3, 0.4) is 0 Å². The van der Waals surface area contributed by atoms with Gasteiger partial charge >= 0.3 is 0 Å². The van der Waals surface area contributed by atoms with Crippen LogP contribution < -0.4 is 10.9 Å². The molecule has 1 aliphatic rings. The first-order valence-corrected chi connectivity index (χ1v) is 8.36. The molecule has 1 aromatic heterocycles. The molecule has 1 fully saturated rings. The lowest BCUT2D eigenvalue weighted by Crippen LogP contribution is -2.58. The summed E-state index contributed by atoms with van der Waals surface area (Å²) in [4.78, 5) is 17.6. The number of hydrogen-bond acceptors (Lipinski definition) is 3. The zero-order valence-corrected chi connectivity index (χ0v) is 15.0. The fourth-order valence-electron chi connectivity index (χ4n) is 4.18. The van der Waals surface area contributed by atoms with E-state index in [2.05, 4.69) is 44.9 Å². The first kappa shape index (κ1) is 16.2. The van der Waals surface area contributed by atoms with Gasteiger partial charge in [-0.2, -0.15) is 0 Å². The molecule has 23 heavy (non-hydrogen) atoms. The van der Waals surface area contributed by atoms with E-state index >= 15 is 0 Å². The summed E-state index contributed by atoms with van der Waals surface area (Å²) < 4.78 is 1.85. The van der Waals surface area contributed by atoms with Crippen LogP contribution in [0.2, 0.25) is 0 Å². The topological polar surface area (TPSA) is 46.9 Å². The molecule has 3 rings (SSSR count). The summed E-state index contributed by atoms with van der Waals surface area (Å²) in [7, 11) is 0. The van der Waals surface area contributed by atoms with Crippen molar-refractivity contribution in [1.29, 1.82) is 0 Å². The molecule has 2 heterocycles. The zero-order chi connectivity index (χ0) is 17.0. The Labute approximate surface area is 137 Å². The highest BCUT2D eigenvalue weighted by Gasteiger charge is 2.38. The van der Waals surface area contributed by atoms with Crippen LogP contribution in [0.1, 0.15) is 57.7 Å². The maximum atomic E-state index is 13.0. The fourth-order valence-corrected chi connectivity index (χ4v) is 4.18. The van der Waals surface area contributed by atoms with Crippen molar-refractivity contribution in [2.45, 2.75) is 71.5 Å². The molecule has 2 aromatic rings. The molecule has 0 radical (unpaired) electrons. The summed E-state index contributed by atoms with van der Waals surface area (Å²) in [6.45, 7) is 12.9. The van der Waals surface area contributed by atoms with Gasteiger partial charge < -0.3 is 5.32 Å². The van der Waals surface area contributed by atoms with Gasteiger partial charge in [0.1, 0.15) is 0 Å². The average Bonchev–Trinajstić information content (AvgIpc) is 2.40. The number of benzene rings is 1. The van der Waals surface area contributed by atoms with Crippen molar-refractivity contribution < 1.29 is 0 Å². The molecule has 1 aliphatic heterocycles. The second-order valence-corrected chi connectivity index (χ2v) is 8.32. The van der Waals surface area contributed by atoms with Gasteiger partial charge in [-0.25, -0.2) is 4.98 Å². The quantitative estimate of drug-likeness (QED) is 0.876. The third-order valence-electron chi connectivity index (χ3n) is 5.04. The van der Waals surface area contributed by atoms with Gasteiger partial charge in [-0.1, -0.05) is 6.07 Å². The van der Waals surface area contributed by atoms with Gasteiger partial charge in [0, 0.05) is 17.1 Å². The number of aryl methyl sites for hydroxylation is 2. The standard InChI is InChI=1S/C19H27N3O/c1-12-7-8-15-16(13(12)2)20-11-22(17(15)23)14-9-18(3,4)21-19(5,6)10-14/h7-8,11,14,21H,9-10H2,1-6H3. The Morgan fingerprint density at radius 1 is 1.13 bits per heavy atom. The number of rotatable bonds is 1. The van der Waals surface area contributed by atoms with Crippen molar-refractivity contribution in [2.75, 3.05) is 0 Å². The highest BCUT2D eigenvalue weighted by molar-refractivity contribution is 5.81. The van der Waals surface area contributed by atoms with Crippen LogP contribution in [0.5, 0.6) is 0 Å². The van der Waals surface area contributed by atoms with Crippen LogP contribution in [-0.2, 0) is 0 Å². The number of hydrogen-bond donors (Lipinski definition) is 1. The molecule has 0 saturated carbocycles. The SMILES string of the molecule is Cc1ccc2c(=O)n(C3CC(C)(C)NC(C)(C)C3)cnc2c1C. The molecule has 4 nitrogen and oxygen atoms in total. The van der Waals surface area contributed by atoms with Gasteiger partial charge in [-0.15, -0.1) is 0 Å². The smallest absolute Gasteiger partial charge is 0.261 e. The van der Waals surface area contributed by atoms with Crippen LogP contribution in [0.15, 0.2) is 23.3 Å². The Kier molecular flexibility index (Phi) is 3.64. The molecule has 1 saturated heterocycles. The van der Waals surface area contributed by atoms with Crippen LogP contribution in [-0.4, -0.2) is 20.6 Å². The molecule has 0 amide bonds. The van der Waals surface area contributed by atoms with E-state index in [9.17, 15) is 4.79 Å². The first-order chi connectivity index (χ1) is 10.6. The van der Waals surface area contributed by atoms with Crippen LogP contribution in [0.4, 0.5) is 0 Å². The minimum absolute atomic E-state index is 0.00397. The molecule has 0 unspecified atom stereocenters. The van der Waals surface area contributed by atoms with Gasteiger partial charge in [0.2, 0.25) is 0 Å². The van der Waals surface area contributed by atoms with Crippen molar-refractivity contribution in [3.63, 3.8) is 0 Å². The first-order valence-electron chi connectivity index (χ1n) is 8.36. The molecule has 1 N–H and O–H groups in total. The maximum absolute atomic E-state index is 13.0. The maximum Gasteiger partial charge on any atom is 0.261 e. The monoisotopic (exact) mass is 313 g/mol. The Bertz CT molecular complexity index is 801. The minimum atomic E-state index is 0.00397. The number of piperidine rings is 1. The summed E-state index contributed by atoms with van der Waals surface area (Å²) in [5.74, 6) is 0. The van der Waals surface area contributed by atoms with E-state index in [1.54, 1.807) is 6.33 Å². The molecule has 0 atom stereocenters. The molecular formula is C19H27N3O. The lowest BCUT2D eigenvalue weighted by atomic mass is 9.79. The highest BCUT2D eigenvalue weighted by Crippen LogP contribution is 2.35. The van der Waals surface area contributed by atoms with Crippen molar-refractivity contribution >= 4 is 10.9 Å². The lowest BCUT2D eigenvalue weighted by Gasteiger charge is -2.46. The summed E-state index contributed by atoms with van der Waals surface area (Å²) in [5.41, 5.74) is 3.19. The summed E-state index contributed by atoms with van der Waals surface area (Å²) in [6.07, 6.45) is 3.60. The predicted molar refractivity (Wildman–Crippen MR) is 95.0 cm³/mol. The zero-order valence-electron chi connectivity index (χ0n) is 15.0. The van der Waals surface area contributed by atoms with E-state index in [0.717, 1.165) is 29.3 Å². The third-order valence-corrected chi connectivity index (χ3v) is 5.04. The summed E-state index contributed by atoms with van der Waals surface area (Å²) in [5, 5.41) is 4.40. The average molecular weight is 313 g/mol. The number of aromatic nitrogens is 2. The van der Waals surface area contributed by atoms with E-state index in [4.69, 9.17) is 0 Å². The molecule has 0 bridgehead atoms. The van der Waals surface area contributed by atoms with E-state index < -0.39 is 0 Å². The Balaban J connectivity index is 2.12. The molecule has 124 valence electrons. The normalized spacial score (nSPS) is 20.8. The molecule has 4 heteroatoms. The van der Waals surface area contributed by atoms with Gasteiger partial charge in [0.15, 0.2) is 0 Å². The second kappa shape index (κ2) is 5.17. The fraction of sp³-hybridized carbons (Fsp3) is 0.579. The lowest BCUT2D eigenvalue weighted by molar-refractivity contribution is 0.130. The van der Waals surface area contributed by atoms with E-state index in [0.29, 0.717) is 0 Å². The van der Waals surface area contributed by atoms with Crippen molar-refractivity contribution in [3.8, 4) is 0 Å². The second-order valence-electron chi connectivity index (χ2n) is 8.32. The molecule has 1 aromatic carbocycles. The molecule has 0 spiro atoms. The Morgan fingerprint density at radius 3 is 2.35 bits per heavy atom. The van der Waals surface area contributed by atoms with Crippen molar-refractivity contribution in [3.05, 3.63) is 39.9 Å². The van der Waals surface area contributed by atoms with Crippen LogP contribution in [0.25, 0.3) is 10.9 Å². The van der Waals surface area contributed by atoms with Gasteiger partial charge in [-0.05, 0) is 71.6 Å². The molecule has 0 aliphatic carbocycles. The number of nitrogens with one attached hydrogen (secondary N) is 1. The number of fused-ring (bicyclic) bond motifs is 1. The predicted octanol–water partition coefficient (Wildman–Crippen LogP) is 3.50. The Hall–Kier alpha value is -1.68. The van der Waals surface area contributed by atoms with E-state index in [-0.39, 0.29) is 22.7 Å². The van der Waals surface area contributed by atoms with Crippen LogP contribution in [0, 0.1) is 13.8 Å². The van der Waals surface area contributed by atoms with Gasteiger partial charge in [-0.3, -0.25) is 9.36 Å². The summed E-state index contributed by atoms with van der Waals surface area (Å²) in [6, 6.07) is 4.11. The van der Waals surface area contributed by atoms with Gasteiger partial charge in [0.05, 0.1) is 17.2 Å². The minimum Gasteiger partial charge on any atom is -0.307 e. The van der Waals surface area contributed by atoms with E-state index in [1.807, 2.05) is 23.6 Å². The van der Waals surface area contributed by atoms with Gasteiger partial charge in [0.25, 0.3) is 5.56 Å². The van der Waals surface area contributed by atoms with E-state index in [1.165, 1.54) is 5.56 Å². The highest BCUT2D eigenvalue weighted by atomic mass is 16.1. The van der Waals surface area contributed by atoms with Crippen molar-refractivity contribution in [1.82, 2.24) is 14.9 Å². The Morgan fingerprint density at radius 2 is 1.74 bits per heavy atom. The third kappa shape index (κ3) is 2.92. The summed E-state index contributed by atoms with van der Waals surface area (Å²) >= 11 is 0. The van der Waals surface area contributed by atoms with Crippen molar-refractivity contribution in [2.24, 2.45) is 0 Å². The van der Waals surface area contributed by atoms with Crippen LogP contribution >= 0.6 is 0 Å². The number of nitrogens with zero attached hydrogens (tertiary/aromatic N) is 2. The molecular weight excluding hydrogens is 286 g/mol.